The third-order valence-corrected chi connectivity index (χ3v) is 8.08. The molecular weight excluding hydrogens is 489 g/mol. The number of aliphatic hydroxyl groups excluding tert-OH is 1. The number of allylic oxidation sites excluding steroid dienone is 7. The summed E-state index contributed by atoms with van der Waals surface area (Å²) in [6, 6.07) is 0. The summed E-state index contributed by atoms with van der Waals surface area (Å²) in [5, 5.41) is 19.2. The molecule has 2 fully saturated rings. The number of rotatable bonds is 5. The molecule has 0 saturated heterocycles. The zero-order chi connectivity index (χ0) is 27.1. The molecule has 0 aromatic rings. The summed E-state index contributed by atoms with van der Waals surface area (Å²) < 4.78 is 91.7. The van der Waals surface area contributed by atoms with E-state index in [1.807, 2.05) is 18.2 Å². The van der Waals surface area contributed by atoms with Gasteiger partial charge in [-0.2, -0.15) is 26.3 Å². The van der Waals surface area contributed by atoms with Crippen LogP contribution in [-0.2, 0) is 0 Å². The highest BCUT2D eigenvalue weighted by molar-refractivity contribution is 5.40. The first-order chi connectivity index (χ1) is 16.5. The van der Waals surface area contributed by atoms with Gasteiger partial charge in [-0.25, -0.2) is 4.39 Å². The van der Waals surface area contributed by atoms with Gasteiger partial charge in [0, 0.05) is 6.42 Å². The van der Waals surface area contributed by atoms with Crippen LogP contribution in [0.3, 0.4) is 0 Å². The first-order valence-electron chi connectivity index (χ1n) is 12.2. The molecule has 3 aliphatic carbocycles. The van der Waals surface area contributed by atoms with Gasteiger partial charge in [-0.3, -0.25) is 0 Å². The van der Waals surface area contributed by atoms with Gasteiger partial charge in [-0.05, 0) is 73.0 Å². The molecule has 2 nitrogen and oxygen atoms in total. The Balaban J connectivity index is 1.76. The summed E-state index contributed by atoms with van der Waals surface area (Å²) in [5.74, 6) is -0.199. The Kier molecular flexibility index (Phi) is 8.07. The van der Waals surface area contributed by atoms with E-state index in [-0.39, 0.29) is 36.2 Å². The van der Waals surface area contributed by atoms with Crippen molar-refractivity contribution >= 4 is 0 Å². The number of alkyl halides is 7. The first kappa shape index (κ1) is 28.7. The van der Waals surface area contributed by atoms with Crippen molar-refractivity contribution in [3.05, 3.63) is 59.3 Å². The van der Waals surface area contributed by atoms with Crippen LogP contribution in [0.5, 0.6) is 0 Å². The Bertz CT molecular complexity index is 956. The lowest BCUT2D eigenvalue weighted by molar-refractivity contribution is -0.347. The molecule has 0 radical (unpaired) electrons. The Morgan fingerprint density at radius 1 is 1.17 bits per heavy atom. The Labute approximate surface area is 207 Å². The van der Waals surface area contributed by atoms with Crippen molar-refractivity contribution in [3.8, 4) is 0 Å². The average molecular weight is 523 g/mol. The van der Waals surface area contributed by atoms with E-state index in [0.717, 1.165) is 36.5 Å². The van der Waals surface area contributed by atoms with Gasteiger partial charge in [0.1, 0.15) is 6.17 Å². The predicted octanol–water partition coefficient (Wildman–Crippen LogP) is 7.46. The molecule has 202 valence electrons. The van der Waals surface area contributed by atoms with E-state index in [9.17, 15) is 40.9 Å². The normalized spacial score (nSPS) is 33.4. The van der Waals surface area contributed by atoms with Gasteiger partial charge in [0.15, 0.2) is 0 Å². The second-order valence-electron chi connectivity index (χ2n) is 10.5. The Morgan fingerprint density at radius 3 is 2.42 bits per heavy atom. The van der Waals surface area contributed by atoms with Gasteiger partial charge in [-0.15, -0.1) is 0 Å². The van der Waals surface area contributed by atoms with E-state index >= 15 is 0 Å². The Hall–Kier alpha value is -1.87. The van der Waals surface area contributed by atoms with Crippen molar-refractivity contribution < 1.29 is 40.9 Å². The molecule has 0 aromatic heterocycles. The number of hydrogen-bond acceptors (Lipinski definition) is 2. The lowest BCUT2D eigenvalue weighted by Crippen LogP contribution is -2.55. The minimum absolute atomic E-state index is 0.0381. The van der Waals surface area contributed by atoms with E-state index < -0.39 is 30.2 Å². The van der Waals surface area contributed by atoms with Crippen LogP contribution in [0.15, 0.2) is 59.3 Å². The van der Waals surface area contributed by atoms with Crippen molar-refractivity contribution in [1.29, 1.82) is 0 Å². The fraction of sp³-hybridized carbons (Fsp3) is 0.630. The highest BCUT2D eigenvalue weighted by Crippen LogP contribution is 2.57. The monoisotopic (exact) mass is 522 g/mol. The van der Waals surface area contributed by atoms with Gasteiger partial charge in [0.25, 0.3) is 5.60 Å². The van der Waals surface area contributed by atoms with Gasteiger partial charge < -0.3 is 10.2 Å². The minimum atomic E-state index is -5.88. The summed E-state index contributed by atoms with van der Waals surface area (Å²) in [7, 11) is 0. The number of fused-ring (bicyclic) bond motifs is 1. The summed E-state index contributed by atoms with van der Waals surface area (Å²) in [6.07, 6.45) is -3.92. The second kappa shape index (κ2) is 10.1. The van der Waals surface area contributed by atoms with Gasteiger partial charge in [0.2, 0.25) is 0 Å². The highest BCUT2D eigenvalue weighted by Gasteiger charge is 2.68. The zero-order valence-corrected chi connectivity index (χ0v) is 20.4. The molecule has 0 heterocycles. The minimum Gasteiger partial charge on any atom is -0.393 e. The maximum absolute atomic E-state index is 14.1. The molecule has 36 heavy (non-hydrogen) atoms. The number of hydrogen-bond donors (Lipinski definition) is 2. The lowest BCUT2D eigenvalue weighted by atomic mass is 9.62. The molecule has 0 aromatic carbocycles. The van der Waals surface area contributed by atoms with E-state index in [1.165, 1.54) is 0 Å². The van der Waals surface area contributed by atoms with E-state index in [4.69, 9.17) is 0 Å². The van der Waals surface area contributed by atoms with Crippen LogP contribution in [0.4, 0.5) is 30.7 Å². The summed E-state index contributed by atoms with van der Waals surface area (Å²) in [4.78, 5) is 0. The maximum atomic E-state index is 14.1. The molecule has 3 aliphatic rings. The fourth-order valence-electron chi connectivity index (χ4n) is 5.97. The molecular formula is C27H33F7O2. The topological polar surface area (TPSA) is 40.5 Å². The first-order valence-corrected chi connectivity index (χ1v) is 12.2. The second-order valence-corrected chi connectivity index (χ2v) is 10.5. The van der Waals surface area contributed by atoms with Crippen molar-refractivity contribution in [2.45, 2.75) is 89.0 Å². The average Bonchev–Trinajstić information content (AvgIpc) is 3.11. The summed E-state index contributed by atoms with van der Waals surface area (Å²) in [5.41, 5.74) is -2.01. The highest BCUT2D eigenvalue weighted by atomic mass is 19.4. The van der Waals surface area contributed by atoms with Crippen LogP contribution >= 0.6 is 0 Å². The fourth-order valence-corrected chi connectivity index (χ4v) is 5.97. The lowest BCUT2D eigenvalue weighted by Gasteiger charge is -2.42. The van der Waals surface area contributed by atoms with E-state index in [1.54, 1.807) is 6.92 Å². The molecule has 5 atom stereocenters. The van der Waals surface area contributed by atoms with Crippen molar-refractivity contribution in [1.82, 2.24) is 0 Å². The molecule has 3 rings (SSSR count). The van der Waals surface area contributed by atoms with Crippen LogP contribution in [0.25, 0.3) is 0 Å². The SMILES string of the molecule is C=C1/C(=C\C=C2/CCC[C@]3(C)C([C@@H](C)C/C=C/C(O)(C(F)(F)F)C(F)(F)F)=CCC23)C[C@@H](O)C[C@@H]1F. The molecule has 1 unspecified atom stereocenters. The van der Waals surface area contributed by atoms with Gasteiger partial charge in [0.05, 0.1) is 6.10 Å². The van der Waals surface area contributed by atoms with E-state index in [2.05, 4.69) is 13.5 Å². The van der Waals surface area contributed by atoms with Crippen LogP contribution in [-0.4, -0.2) is 40.4 Å². The molecule has 2 N–H and O–H groups in total. The molecule has 0 bridgehead atoms. The van der Waals surface area contributed by atoms with E-state index in [0.29, 0.717) is 24.0 Å². The standard InChI is InChI=1S/C27H33F7O2/c1-16(6-4-13-25(36,26(29,30)31)27(32,33)34)21-10-11-22-18(7-5-12-24(21,22)3)8-9-19-14-20(35)15-23(28)17(19)2/h4,8-10,13,16,20,22-23,35-36H,2,5-7,11-12,14-15H2,1,3H3/b13-4+,18-8+,19-9-/t16-,20+,22?,23-,24+/m0/s1. The molecule has 2 saturated carbocycles. The number of aliphatic hydroxyl groups is 2. The maximum Gasteiger partial charge on any atom is 0.429 e. The van der Waals surface area contributed by atoms with Crippen molar-refractivity contribution in [2.24, 2.45) is 17.3 Å². The van der Waals surface area contributed by atoms with Gasteiger partial charge >= 0.3 is 12.4 Å². The summed E-state index contributed by atoms with van der Waals surface area (Å²) >= 11 is 0. The molecule has 0 aliphatic heterocycles. The third-order valence-electron chi connectivity index (χ3n) is 8.08. The van der Waals surface area contributed by atoms with Crippen molar-refractivity contribution in [2.75, 3.05) is 0 Å². The number of halogens is 7. The van der Waals surface area contributed by atoms with Crippen LogP contribution < -0.4 is 0 Å². The van der Waals surface area contributed by atoms with Crippen LogP contribution in [0, 0.1) is 17.3 Å². The molecule has 9 heteroatoms. The van der Waals surface area contributed by atoms with Gasteiger partial charge in [-0.1, -0.05) is 55.9 Å². The van der Waals surface area contributed by atoms with Crippen LogP contribution in [0.2, 0.25) is 0 Å². The smallest absolute Gasteiger partial charge is 0.393 e. The molecule has 0 spiro atoms. The molecule has 0 amide bonds. The summed E-state index contributed by atoms with van der Waals surface area (Å²) in [6.45, 7) is 7.64. The quantitative estimate of drug-likeness (QED) is 0.291. The zero-order valence-electron chi connectivity index (χ0n) is 20.4. The largest absolute Gasteiger partial charge is 0.429 e. The van der Waals surface area contributed by atoms with Crippen LogP contribution in [0.1, 0.15) is 58.8 Å². The third kappa shape index (κ3) is 5.37. The predicted molar refractivity (Wildman–Crippen MR) is 124 cm³/mol. The Morgan fingerprint density at radius 2 is 1.81 bits per heavy atom. The van der Waals surface area contributed by atoms with Crippen molar-refractivity contribution in [3.63, 3.8) is 0 Å².